The minimum Gasteiger partial charge on any atom is -0.369 e. The van der Waals surface area contributed by atoms with Gasteiger partial charge in [-0.25, -0.2) is 0 Å². The third kappa shape index (κ3) is 3.02. The van der Waals surface area contributed by atoms with Crippen LogP contribution in [0.5, 0.6) is 0 Å². The molecule has 2 amide bonds. The summed E-state index contributed by atoms with van der Waals surface area (Å²) in [4.78, 5) is 29.9. The van der Waals surface area contributed by atoms with Crippen LogP contribution in [-0.2, 0) is 16.0 Å². The van der Waals surface area contributed by atoms with Crippen molar-refractivity contribution < 1.29 is 9.59 Å². The third-order valence-corrected chi connectivity index (χ3v) is 6.69. The topological polar surface area (TPSA) is 66.6 Å². The zero-order chi connectivity index (χ0) is 18.1. The van der Waals surface area contributed by atoms with Crippen LogP contribution in [0.25, 0.3) is 0 Å². The minimum atomic E-state index is -0.609. The molecule has 0 unspecified atom stereocenters. The molecular formula is C21H29N3O2. The van der Waals surface area contributed by atoms with Gasteiger partial charge in [-0.05, 0) is 57.2 Å². The number of hydrogen-bond acceptors (Lipinski definition) is 3. The SMILES string of the molecule is NC(=O)[C@]1(Cc2ccccc2)C[C@@H]2CC[C@H]1N2C(=O)CN1CCCCC1. The van der Waals surface area contributed by atoms with Crippen molar-refractivity contribution in [3.8, 4) is 0 Å². The Morgan fingerprint density at radius 1 is 1.08 bits per heavy atom. The molecule has 3 fully saturated rings. The molecule has 3 aliphatic heterocycles. The molecule has 3 saturated heterocycles. The molecule has 0 radical (unpaired) electrons. The van der Waals surface area contributed by atoms with Crippen molar-refractivity contribution >= 4 is 11.8 Å². The molecule has 4 rings (SSSR count). The van der Waals surface area contributed by atoms with Gasteiger partial charge in [-0.2, -0.15) is 0 Å². The summed E-state index contributed by atoms with van der Waals surface area (Å²) in [5, 5.41) is 0. The molecule has 0 aliphatic carbocycles. The quantitative estimate of drug-likeness (QED) is 0.878. The van der Waals surface area contributed by atoms with E-state index >= 15 is 0 Å². The number of rotatable bonds is 5. The van der Waals surface area contributed by atoms with Gasteiger partial charge < -0.3 is 10.6 Å². The van der Waals surface area contributed by atoms with Gasteiger partial charge in [-0.1, -0.05) is 36.8 Å². The number of likely N-dealkylation sites (tertiary alicyclic amines) is 1. The molecule has 0 saturated carbocycles. The highest BCUT2D eigenvalue weighted by Gasteiger charge is 2.60. The lowest BCUT2D eigenvalue weighted by atomic mass is 9.69. The summed E-state index contributed by atoms with van der Waals surface area (Å²) in [5.74, 6) is -0.0556. The number of primary amides is 1. The first-order chi connectivity index (χ1) is 12.6. The van der Waals surface area contributed by atoms with Crippen LogP contribution in [0.3, 0.4) is 0 Å². The number of fused-ring (bicyclic) bond motifs is 2. The lowest BCUT2D eigenvalue weighted by Crippen LogP contribution is -2.51. The number of nitrogens with zero attached hydrogens (tertiary/aromatic N) is 2. The summed E-state index contributed by atoms with van der Waals surface area (Å²) in [6.45, 7) is 2.52. The average Bonchev–Trinajstić information content (AvgIpc) is 3.20. The van der Waals surface area contributed by atoms with E-state index in [9.17, 15) is 9.59 Å². The Balaban J connectivity index is 1.53. The molecule has 0 spiro atoms. The maximum atomic E-state index is 13.1. The Hall–Kier alpha value is -1.88. The molecule has 1 aromatic carbocycles. The molecule has 5 nitrogen and oxygen atoms in total. The zero-order valence-corrected chi connectivity index (χ0v) is 15.4. The van der Waals surface area contributed by atoms with E-state index in [0.29, 0.717) is 19.4 Å². The normalized spacial score (nSPS) is 31.3. The fourth-order valence-corrected chi connectivity index (χ4v) is 5.45. The average molecular weight is 355 g/mol. The van der Waals surface area contributed by atoms with Crippen LogP contribution in [0.2, 0.25) is 0 Å². The second-order valence-electron chi connectivity index (χ2n) is 8.27. The summed E-state index contributed by atoms with van der Waals surface area (Å²) >= 11 is 0. The Labute approximate surface area is 155 Å². The number of carbonyl (C=O) groups excluding carboxylic acids is 2. The van der Waals surface area contributed by atoms with Crippen LogP contribution in [0, 0.1) is 5.41 Å². The van der Waals surface area contributed by atoms with E-state index in [4.69, 9.17) is 5.73 Å². The van der Waals surface area contributed by atoms with E-state index in [1.807, 2.05) is 23.1 Å². The second kappa shape index (κ2) is 7.03. The van der Waals surface area contributed by atoms with Crippen molar-refractivity contribution in [1.29, 1.82) is 0 Å². The highest BCUT2D eigenvalue weighted by Crippen LogP contribution is 2.51. The summed E-state index contributed by atoms with van der Waals surface area (Å²) < 4.78 is 0. The molecular weight excluding hydrogens is 326 g/mol. The maximum absolute atomic E-state index is 13.1. The fraction of sp³-hybridized carbons (Fsp3) is 0.619. The van der Waals surface area contributed by atoms with Crippen molar-refractivity contribution in [2.75, 3.05) is 19.6 Å². The highest BCUT2D eigenvalue weighted by molar-refractivity contribution is 5.86. The third-order valence-electron chi connectivity index (χ3n) is 6.69. The zero-order valence-electron chi connectivity index (χ0n) is 15.4. The van der Waals surface area contributed by atoms with Gasteiger partial charge in [0.1, 0.15) is 0 Å². The molecule has 2 N–H and O–H groups in total. The first kappa shape index (κ1) is 17.5. The predicted octanol–water partition coefficient (Wildman–Crippen LogP) is 1.95. The van der Waals surface area contributed by atoms with E-state index in [0.717, 1.165) is 31.5 Å². The van der Waals surface area contributed by atoms with Crippen molar-refractivity contribution in [2.45, 2.75) is 57.0 Å². The Kier molecular flexibility index (Phi) is 4.74. The maximum Gasteiger partial charge on any atom is 0.237 e. The minimum absolute atomic E-state index is 0.0394. The first-order valence-corrected chi connectivity index (χ1v) is 9.97. The summed E-state index contributed by atoms with van der Waals surface area (Å²) in [5.41, 5.74) is 6.44. The molecule has 26 heavy (non-hydrogen) atoms. The molecule has 1 aromatic rings. The molecule has 5 heteroatoms. The number of nitrogens with two attached hydrogens (primary N) is 1. The highest BCUT2D eigenvalue weighted by atomic mass is 16.2. The van der Waals surface area contributed by atoms with Gasteiger partial charge in [0, 0.05) is 12.1 Å². The number of carbonyl (C=O) groups is 2. The molecule has 2 bridgehead atoms. The first-order valence-electron chi connectivity index (χ1n) is 9.97. The lowest BCUT2D eigenvalue weighted by Gasteiger charge is -2.35. The van der Waals surface area contributed by atoms with Gasteiger partial charge in [0.05, 0.1) is 12.0 Å². The summed E-state index contributed by atoms with van der Waals surface area (Å²) in [7, 11) is 0. The van der Waals surface area contributed by atoms with Gasteiger partial charge in [0.2, 0.25) is 11.8 Å². The monoisotopic (exact) mass is 355 g/mol. The van der Waals surface area contributed by atoms with Crippen LogP contribution < -0.4 is 5.73 Å². The predicted molar refractivity (Wildman–Crippen MR) is 100 cm³/mol. The van der Waals surface area contributed by atoms with E-state index in [1.54, 1.807) is 0 Å². The van der Waals surface area contributed by atoms with E-state index in [1.165, 1.54) is 19.3 Å². The number of benzene rings is 1. The van der Waals surface area contributed by atoms with Gasteiger partial charge >= 0.3 is 0 Å². The largest absolute Gasteiger partial charge is 0.369 e. The number of piperidine rings is 1. The summed E-state index contributed by atoms with van der Waals surface area (Å²) in [6.07, 6.45) is 6.87. The molecule has 140 valence electrons. The van der Waals surface area contributed by atoms with E-state index < -0.39 is 5.41 Å². The standard InChI is InChI=1S/C21H29N3O2/c22-20(26)21(13-16-7-3-1-4-8-16)14-17-9-10-18(21)24(17)19(25)15-23-11-5-2-6-12-23/h1,3-4,7-8,17-18H,2,5-6,9-15H2,(H2,22,26)/t17-,18+,21+/m0/s1. The second-order valence-corrected chi connectivity index (χ2v) is 8.27. The number of hydrogen-bond donors (Lipinski definition) is 1. The van der Waals surface area contributed by atoms with Gasteiger partial charge in [0.15, 0.2) is 0 Å². The van der Waals surface area contributed by atoms with Crippen molar-refractivity contribution in [1.82, 2.24) is 9.80 Å². The van der Waals surface area contributed by atoms with Gasteiger partial charge in [-0.3, -0.25) is 14.5 Å². The van der Waals surface area contributed by atoms with Crippen molar-refractivity contribution in [3.05, 3.63) is 35.9 Å². The Bertz CT molecular complexity index is 671. The van der Waals surface area contributed by atoms with Crippen LogP contribution in [0.15, 0.2) is 30.3 Å². The van der Waals surface area contributed by atoms with Crippen molar-refractivity contribution in [2.24, 2.45) is 11.1 Å². The molecule has 0 aromatic heterocycles. The summed E-state index contributed by atoms with van der Waals surface area (Å²) in [6, 6.07) is 10.2. The molecule has 3 heterocycles. The van der Waals surface area contributed by atoms with Crippen LogP contribution >= 0.6 is 0 Å². The number of amides is 2. The van der Waals surface area contributed by atoms with Crippen LogP contribution in [0.4, 0.5) is 0 Å². The lowest BCUT2D eigenvalue weighted by molar-refractivity contribution is -0.136. The van der Waals surface area contributed by atoms with Gasteiger partial charge in [-0.15, -0.1) is 0 Å². The van der Waals surface area contributed by atoms with Crippen LogP contribution in [0.1, 0.15) is 44.1 Å². The molecule has 3 atom stereocenters. The molecule has 3 aliphatic rings. The Morgan fingerprint density at radius 2 is 1.81 bits per heavy atom. The smallest absolute Gasteiger partial charge is 0.237 e. The Morgan fingerprint density at radius 3 is 2.50 bits per heavy atom. The van der Waals surface area contributed by atoms with E-state index in [2.05, 4.69) is 17.0 Å². The van der Waals surface area contributed by atoms with E-state index in [-0.39, 0.29) is 23.9 Å². The van der Waals surface area contributed by atoms with Gasteiger partial charge in [0.25, 0.3) is 0 Å². The fourth-order valence-electron chi connectivity index (χ4n) is 5.45. The van der Waals surface area contributed by atoms with Crippen molar-refractivity contribution in [3.63, 3.8) is 0 Å². The van der Waals surface area contributed by atoms with Crippen LogP contribution in [-0.4, -0.2) is 53.3 Å².